The highest BCUT2D eigenvalue weighted by Gasteiger charge is 2.07. The van der Waals surface area contributed by atoms with Gasteiger partial charge in [-0.2, -0.15) is 5.10 Å². The summed E-state index contributed by atoms with van der Waals surface area (Å²) in [6, 6.07) is 19.0. The van der Waals surface area contributed by atoms with Crippen LogP contribution in [0.2, 0.25) is 0 Å². The first-order chi connectivity index (χ1) is 15.6. The summed E-state index contributed by atoms with van der Waals surface area (Å²) in [6.07, 6.45) is 3.45. The fourth-order valence-electron chi connectivity index (χ4n) is 3.17. The lowest BCUT2D eigenvalue weighted by Gasteiger charge is -2.14. The molecule has 1 amide bonds. The number of halogens is 1. The van der Waals surface area contributed by atoms with E-state index in [1.54, 1.807) is 23.1 Å². The van der Waals surface area contributed by atoms with E-state index >= 15 is 0 Å². The fourth-order valence-corrected chi connectivity index (χ4v) is 3.17. The molecule has 0 radical (unpaired) electrons. The number of aliphatic imine (C=N–C) groups is 1. The van der Waals surface area contributed by atoms with Crippen LogP contribution in [0.25, 0.3) is 0 Å². The number of aliphatic hydroxyl groups is 1. The van der Waals surface area contributed by atoms with E-state index in [4.69, 9.17) is 0 Å². The minimum absolute atomic E-state index is 0. The molecule has 3 aromatic rings. The van der Waals surface area contributed by atoms with Gasteiger partial charge in [-0.15, -0.1) is 24.0 Å². The first-order valence-corrected chi connectivity index (χ1v) is 10.8. The molecule has 0 saturated heterocycles. The summed E-state index contributed by atoms with van der Waals surface area (Å²) < 4.78 is 1.58. The largest absolute Gasteiger partial charge is 0.388 e. The number of nitrogens with one attached hydrogen (secondary N) is 3. The first kappa shape index (κ1) is 26.3. The van der Waals surface area contributed by atoms with E-state index in [0.29, 0.717) is 25.5 Å². The van der Waals surface area contributed by atoms with Crippen molar-refractivity contribution in [3.63, 3.8) is 0 Å². The second kappa shape index (κ2) is 14.3. The Hall–Kier alpha value is -2.92. The Labute approximate surface area is 211 Å². The first-order valence-electron chi connectivity index (χ1n) is 10.8. The molecule has 9 heteroatoms. The van der Waals surface area contributed by atoms with Crippen molar-refractivity contribution in [2.45, 2.75) is 32.5 Å². The number of benzene rings is 2. The number of carbonyl (C=O) groups excluding carboxylic acids is 1. The Morgan fingerprint density at radius 3 is 2.67 bits per heavy atom. The van der Waals surface area contributed by atoms with Gasteiger partial charge in [0.15, 0.2) is 5.96 Å². The zero-order chi connectivity index (χ0) is 22.6. The van der Waals surface area contributed by atoms with Crippen LogP contribution < -0.4 is 16.0 Å². The maximum absolute atomic E-state index is 12.2. The summed E-state index contributed by atoms with van der Waals surface area (Å²) in [7, 11) is 0. The highest BCUT2D eigenvalue weighted by molar-refractivity contribution is 14.0. The van der Waals surface area contributed by atoms with E-state index in [2.05, 4.69) is 26.0 Å². The molecule has 0 fully saturated rings. The smallest absolute Gasteiger partial charge is 0.246 e. The predicted molar refractivity (Wildman–Crippen MR) is 142 cm³/mol. The van der Waals surface area contributed by atoms with Crippen LogP contribution in [0, 0.1) is 0 Å². The van der Waals surface area contributed by atoms with Crippen molar-refractivity contribution >= 4 is 41.5 Å². The molecule has 176 valence electrons. The Bertz CT molecular complexity index is 995. The SMILES string of the molecule is CCNC(=NCc1cccc(NC(=O)Cn2cccn2)c1)NCCC(O)c1ccccc1.I. The average molecular weight is 562 g/mol. The van der Waals surface area contributed by atoms with Crippen molar-refractivity contribution in [3.8, 4) is 0 Å². The normalized spacial score (nSPS) is 11.9. The van der Waals surface area contributed by atoms with Crippen LogP contribution in [0.1, 0.15) is 30.6 Å². The van der Waals surface area contributed by atoms with Crippen LogP contribution in [0.15, 0.2) is 78.0 Å². The molecule has 0 aliphatic heterocycles. The fraction of sp³-hybridized carbons (Fsp3) is 0.292. The Morgan fingerprint density at radius 1 is 1.12 bits per heavy atom. The van der Waals surface area contributed by atoms with Gasteiger partial charge in [0, 0.05) is 31.2 Å². The maximum Gasteiger partial charge on any atom is 0.246 e. The Balaban J connectivity index is 0.00000385. The van der Waals surface area contributed by atoms with Gasteiger partial charge in [0.2, 0.25) is 5.91 Å². The van der Waals surface area contributed by atoms with Gasteiger partial charge in [0.05, 0.1) is 12.6 Å². The number of hydrogen-bond donors (Lipinski definition) is 4. The molecule has 0 bridgehead atoms. The van der Waals surface area contributed by atoms with E-state index in [9.17, 15) is 9.90 Å². The zero-order valence-electron chi connectivity index (χ0n) is 18.6. The molecule has 2 aromatic carbocycles. The quantitative estimate of drug-likeness (QED) is 0.173. The summed E-state index contributed by atoms with van der Waals surface area (Å²) in [6.45, 7) is 3.95. The van der Waals surface area contributed by atoms with Crippen LogP contribution in [0.5, 0.6) is 0 Å². The molecule has 33 heavy (non-hydrogen) atoms. The third-order valence-corrected chi connectivity index (χ3v) is 4.73. The highest BCUT2D eigenvalue weighted by Crippen LogP contribution is 2.15. The molecule has 0 saturated carbocycles. The second-order valence-corrected chi connectivity index (χ2v) is 7.29. The standard InChI is InChI=1S/C24H30N6O2.HI/c1-2-25-24(26-14-12-22(31)20-9-4-3-5-10-20)27-17-19-8-6-11-21(16-19)29-23(32)18-30-15-7-13-28-30;/h3-11,13,15-16,22,31H,2,12,14,17-18H2,1H3,(H,29,32)(H2,25,26,27);1H. The van der Waals surface area contributed by atoms with Gasteiger partial charge in [0.1, 0.15) is 6.54 Å². The summed E-state index contributed by atoms with van der Waals surface area (Å²) >= 11 is 0. The Morgan fingerprint density at radius 2 is 1.94 bits per heavy atom. The molecular weight excluding hydrogens is 531 g/mol. The lowest BCUT2D eigenvalue weighted by molar-refractivity contribution is -0.116. The van der Waals surface area contributed by atoms with Gasteiger partial charge in [-0.3, -0.25) is 9.48 Å². The molecule has 0 aliphatic rings. The predicted octanol–water partition coefficient (Wildman–Crippen LogP) is 3.32. The third-order valence-electron chi connectivity index (χ3n) is 4.73. The summed E-state index contributed by atoms with van der Waals surface area (Å²) in [5.41, 5.74) is 2.60. The summed E-state index contributed by atoms with van der Waals surface area (Å²) in [5.74, 6) is 0.544. The van der Waals surface area contributed by atoms with Crippen molar-refractivity contribution in [1.82, 2.24) is 20.4 Å². The van der Waals surface area contributed by atoms with Gasteiger partial charge in [-0.1, -0.05) is 42.5 Å². The number of amides is 1. The van der Waals surface area contributed by atoms with Gasteiger partial charge in [-0.05, 0) is 42.7 Å². The molecule has 1 atom stereocenters. The van der Waals surface area contributed by atoms with Gasteiger partial charge in [0.25, 0.3) is 0 Å². The van der Waals surface area contributed by atoms with E-state index in [-0.39, 0.29) is 36.4 Å². The highest BCUT2D eigenvalue weighted by atomic mass is 127. The van der Waals surface area contributed by atoms with Crippen molar-refractivity contribution in [1.29, 1.82) is 0 Å². The van der Waals surface area contributed by atoms with E-state index in [1.807, 2.05) is 61.5 Å². The molecular formula is C24H31IN6O2. The molecule has 3 rings (SSSR count). The van der Waals surface area contributed by atoms with Crippen LogP contribution in [-0.4, -0.2) is 39.8 Å². The monoisotopic (exact) mass is 562 g/mol. The second-order valence-electron chi connectivity index (χ2n) is 7.29. The average Bonchev–Trinajstić information content (AvgIpc) is 3.31. The number of hydrogen-bond acceptors (Lipinski definition) is 4. The minimum Gasteiger partial charge on any atom is -0.388 e. The van der Waals surface area contributed by atoms with Crippen molar-refractivity contribution < 1.29 is 9.90 Å². The lowest BCUT2D eigenvalue weighted by Crippen LogP contribution is -2.38. The zero-order valence-corrected chi connectivity index (χ0v) is 21.0. The third kappa shape index (κ3) is 9.22. The maximum atomic E-state index is 12.2. The van der Waals surface area contributed by atoms with Crippen LogP contribution in [0.4, 0.5) is 5.69 Å². The summed E-state index contributed by atoms with van der Waals surface area (Å²) in [4.78, 5) is 16.8. The van der Waals surface area contributed by atoms with Crippen LogP contribution in [-0.2, 0) is 17.9 Å². The number of carbonyl (C=O) groups is 1. The number of nitrogens with zero attached hydrogens (tertiary/aromatic N) is 3. The molecule has 8 nitrogen and oxygen atoms in total. The van der Waals surface area contributed by atoms with Crippen molar-refractivity contribution in [2.75, 3.05) is 18.4 Å². The van der Waals surface area contributed by atoms with Crippen LogP contribution >= 0.6 is 24.0 Å². The van der Waals surface area contributed by atoms with E-state index in [1.165, 1.54) is 0 Å². The van der Waals surface area contributed by atoms with Gasteiger partial charge >= 0.3 is 0 Å². The van der Waals surface area contributed by atoms with E-state index < -0.39 is 6.10 Å². The lowest BCUT2D eigenvalue weighted by atomic mass is 10.1. The van der Waals surface area contributed by atoms with Crippen molar-refractivity contribution in [2.24, 2.45) is 4.99 Å². The van der Waals surface area contributed by atoms with Gasteiger partial charge < -0.3 is 21.1 Å². The minimum atomic E-state index is -0.520. The molecule has 1 unspecified atom stereocenters. The molecule has 1 heterocycles. The Kier molecular flexibility index (Phi) is 11.4. The number of aromatic nitrogens is 2. The van der Waals surface area contributed by atoms with Gasteiger partial charge in [-0.25, -0.2) is 4.99 Å². The molecule has 0 aliphatic carbocycles. The molecule has 1 aromatic heterocycles. The van der Waals surface area contributed by atoms with E-state index in [0.717, 1.165) is 23.4 Å². The molecule has 0 spiro atoms. The number of aliphatic hydroxyl groups excluding tert-OH is 1. The number of rotatable bonds is 10. The topological polar surface area (TPSA) is 104 Å². The van der Waals surface area contributed by atoms with Crippen LogP contribution in [0.3, 0.4) is 0 Å². The molecule has 4 N–H and O–H groups in total. The van der Waals surface area contributed by atoms with Crippen molar-refractivity contribution in [3.05, 3.63) is 84.2 Å². The number of guanidine groups is 1. The summed E-state index contributed by atoms with van der Waals surface area (Å²) in [5, 5.41) is 23.7. The number of anilines is 1.